The fourth-order valence-corrected chi connectivity index (χ4v) is 3.67. The molecule has 1 aromatic carbocycles. The Morgan fingerprint density at radius 1 is 1.03 bits per heavy atom. The molecule has 6 nitrogen and oxygen atoms in total. The number of para-hydroxylation sites is 1. The third kappa shape index (κ3) is 9.91. The molecule has 1 heterocycles. The molecule has 0 bridgehead atoms. The van der Waals surface area contributed by atoms with Gasteiger partial charge in [0.2, 0.25) is 5.91 Å². The Labute approximate surface area is 187 Å². The molecule has 2 amide bonds. The number of carbonyl (C=O) groups excluding carboxylic acids is 2. The first-order valence-corrected chi connectivity index (χ1v) is 11.8. The number of benzene rings is 1. The van der Waals surface area contributed by atoms with Crippen LogP contribution in [-0.2, 0) is 11.4 Å². The van der Waals surface area contributed by atoms with Crippen LogP contribution in [0.3, 0.4) is 0 Å². The van der Waals surface area contributed by atoms with E-state index in [0.717, 1.165) is 12.8 Å². The van der Waals surface area contributed by atoms with Crippen LogP contribution in [0.4, 0.5) is 4.39 Å². The van der Waals surface area contributed by atoms with Crippen LogP contribution in [0.25, 0.3) is 0 Å². The highest BCUT2D eigenvalue weighted by molar-refractivity contribution is 7.09. The topological polar surface area (TPSA) is 80.3 Å². The number of carbonyl (C=O) groups is 2. The molecule has 2 rings (SSSR count). The molecule has 0 spiro atoms. The zero-order chi connectivity index (χ0) is 22.3. The number of thiazole rings is 1. The second-order valence-corrected chi connectivity index (χ2v) is 8.27. The molecule has 0 fully saturated rings. The van der Waals surface area contributed by atoms with Crippen molar-refractivity contribution >= 4 is 23.2 Å². The zero-order valence-electron chi connectivity index (χ0n) is 18.1. The lowest BCUT2D eigenvalue weighted by molar-refractivity contribution is -0.121. The summed E-state index contributed by atoms with van der Waals surface area (Å²) in [5.41, 5.74) is 0.284. The molecular weight excluding hydrogens is 417 g/mol. The van der Waals surface area contributed by atoms with E-state index in [0.29, 0.717) is 24.5 Å². The molecule has 0 saturated carbocycles. The van der Waals surface area contributed by atoms with Crippen molar-refractivity contribution in [1.82, 2.24) is 15.6 Å². The lowest BCUT2D eigenvalue weighted by Gasteiger charge is -2.06. The van der Waals surface area contributed by atoms with Crippen LogP contribution in [0.15, 0.2) is 29.6 Å². The lowest BCUT2D eigenvalue weighted by atomic mass is 10.1. The SMILES string of the molecule is CCCCCCCCCC(=O)NCCNC(=O)c1csc(COc2ccccc2F)n1. The molecule has 0 saturated heterocycles. The smallest absolute Gasteiger partial charge is 0.270 e. The van der Waals surface area contributed by atoms with Crippen LogP contribution in [0.1, 0.15) is 73.8 Å². The number of nitrogens with zero attached hydrogens (tertiary/aromatic N) is 1. The summed E-state index contributed by atoms with van der Waals surface area (Å²) < 4.78 is 19.0. The largest absolute Gasteiger partial charge is 0.483 e. The van der Waals surface area contributed by atoms with Crippen LogP contribution >= 0.6 is 11.3 Å². The molecular formula is C23H32FN3O3S. The minimum atomic E-state index is -0.439. The Kier molecular flexibility index (Phi) is 11.6. The predicted molar refractivity (Wildman–Crippen MR) is 121 cm³/mol. The molecule has 0 unspecified atom stereocenters. The van der Waals surface area contributed by atoms with Gasteiger partial charge in [-0.05, 0) is 18.6 Å². The van der Waals surface area contributed by atoms with Gasteiger partial charge in [0.1, 0.15) is 17.3 Å². The molecule has 2 N–H and O–H groups in total. The van der Waals surface area contributed by atoms with Gasteiger partial charge in [0.15, 0.2) is 11.6 Å². The van der Waals surface area contributed by atoms with Crippen LogP contribution < -0.4 is 15.4 Å². The zero-order valence-corrected chi connectivity index (χ0v) is 18.9. The summed E-state index contributed by atoms with van der Waals surface area (Å²) in [4.78, 5) is 28.2. The highest BCUT2D eigenvalue weighted by atomic mass is 32.1. The van der Waals surface area contributed by atoms with Crippen LogP contribution in [0, 0.1) is 5.82 Å². The standard InChI is InChI=1S/C23H32FN3O3S/c1-2-3-4-5-6-7-8-13-21(28)25-14-15-26-23(29)19-17-31-22(27-19)16-30-20-12-10-9-11-18(20)24/h9-12,17H,2-8,13-16H2,1H3,(H,25,28)(H,26,29). The van der Waals surface area contributed by atoms with Crippen molar-refractivity contribution < 1.29 is 18.7 Å². The van der Waals surface area contributed by atoms with Crippen molar-refractivity contribution in [3.05, 3.63) is 46.2 Å². The summed E-state index contributed by atoms with van der Waals surface area (Å²) in [5, 5.41) is 7.77. The molecule has 8 heteroatoms. The minimum absolute atomic E-state index is 0.0176. The first kappa shape index (κ1) is 24.8. The van der Waals surface area contributed by atoms with Gasteiger partial charge in [-0.3, -0.25) is 9.59 Å². The first-order chi connectivity index (χ1) is 15.1. The first-order valence-electron chi connectivity index (χ1n) is 11.0. The fourth-order valence-electron chi connectivity index (χ4n) is 2.98. The Hall–Kier alpha value is -2.48. The summed E-state index contributed by atoms with van der Waals surface area (Å²) in [5.74, 6) is -0.583. The predicted octanol–water partition coefficient (Wildman–Crippen LogP) is 4.85. The average molecular weight is 450 g/mol. The second-order valence-electron chi connectivity index (χ2n) is 7.32. The van der Waals surface area contributed by atoms with Gasteiger partial charge in [-0.25, -0.2) is 9.37 Å². The lowest BCUT2D eigenvalue weighted by Crippen LogP contribution is -2.34. The Morgan fingerprint density at radius 2 is 1.74 bits per heavy atom. The van der Waals surface area contributed by atoms with Gasteiger partial charge < -0.3 is 15.4 Å². The Balaban J connectivity index is 1.56. The molecule has 1 aromatic heterocycles. The molecule has 0 aliphatic carbocycles. The van der Waals surface area contributed by atoms with Gasteiger partial charge in [-0.15, -0.1) is 11.3 Å². The van der Waals surface area contributed by atoms with E-state index in [-0.39, 0.29) is 29.9 Å². The summed E-state index contributed by atoms with van der Waals surface area (Å²) in [6, 6.07) is 6.14. The van der Waals surface area contributed by atoms with Crippen molar-refractivity contribution in [3.8, 4) is 5.75 Å². The maximum atomic E-state index is 13.6. The highest BCUT2D eigenvalue weighted by Crippen LogP contribution is 2.18. The van der Waals surface area contributed by atoms with E-state index in [2.05, 4.69) is 22.5 Å². The van der Waals surface area contributed by atoms with Crippen LogP contribution in [-0.4, -0.2) is 29.9 Å². The van der Waals surface area contributed by atoms with Gasteiger partial charge >= 0.3 is 0 Å². The van der Waals surface area contributed by atoms with E-state index < -0.39 is 5.82 Å². The third-order valence-electron chi connectivity index (χ3n) is 4.71. The van der Waals surface area contributed by atoms with E-state index in [1.54, 1.807) is 23.6 Å². The molecule has 0 aliphatic rings. The molecule has 2 aromatic rings. The molecule has 0 radical (unpaired) electrons. The summed E-state index contributed by atoms with van der Waals surface area (Å²) >= 11 is 1.28. The van der Waals surface area contributed by atoms with E-state index in [1.807, 2.05) is 0 Å². The highest BCUT2D eigenvalue weighted by Gasteiger charge is 2.11. The van der Waals surface area contributed by atoms with E-state index in [9.17, 15) is 14.0 Å². The fraction of sp³-hybridized carbons (Fsp3) is 0.522. The maximum absolute atomic E-state index is 13.6. The van der Waals surface area contributed by atoms with Gasteiger partial charge in [0, 0.05) is 24.9 Å². The van der Waals surface area contributed by atoms with Gasteiger partial charge in [-0.2, -0.15) is 0 Å². The van der Waals surface area contributed by atoms with Crippen molar-refractivity contribution in [2.24, 2.45) is 0 Å². The van der Waals surface area contributed by atoms with E-state index >= 15 is 0 Å². The number of halogens is 1. The number of unbranched alkanes of at least 4 members (excludes halogenated alkanes) is 6. The van der Waals surface area contributed by atoms with E-state index in [1.165, 1.54) is 49.5 Å². The Morgan fingerprint density at radius 3 is 2.52 bits per heavy atom. The second kappa shape index (κ2) is 14.5. The number of ether oxygens (including phenoxy) is 1. The average Bonchev–Trinajstić information content (AvgIpc) is 3.24. The molecule has 170 valence electrons. The van der Waals surface area contributed by atoms with E-state index in [4.69, 9.17) is 4.74 Å². The van der Waals surface area contributed by atoms with Gasteiger partial charge in [-0.1, -0.05) is 57.6 Å². The summed E-state index contributed by atoms with van der Waals surface area (Å²) in [7, 11) is 0. The number of amides is 2. The number of rotatable bonds is 15. The third-order valence-corrected chi connectivity index (χ3v) is 5.53. The van der Waals surface area contributed by atoms with Gasteiger partial charge in [0.25, 0.3) is 5.91 Å². The number of hydrogen-bond donors (Lipinski definition) is 2. The van der Waals surface area contributed by atoms with Crippen molar-refractivity contribution in [1.29, 1.82) is 0 Å². The quantitative estimate of drug-likeness (QED) is 0.381. The van der Waals surface area contributed by atoms with Crippen LogP contribution in [0.2, 0.25) is 0 Å². The number of hydrogen-bond acceptors (Lipinski definition) is 5. The number of nitrogens with one attached hydrogen (secondary N) is 2. The minimum Gasteiger partial charge on any atom is -0.483 e. The normalized spacial score (nSPS) is 10.6. The monoisotopic (exact) mass is 449 g/mol. The molecule has 0 atom stereocenters. The maximum Gasteiger partial charge on any atom is 0.270 e. The van der Waals surface area contributed by atoms with Crippen LogP contribution in [0.5, 0.6) is 5.75 Å². The molecule has 0 aliphatic heterocycles. The Bertz CT molecular complexity index is 813. The summed E-state index contributed by atoms with van der Waals surface area (Å²) in [6.45, 7) is 3.01. The van der Waals surface area contributed by atoms with Crippen molar-refractivity contribution in [3.63, 3.8) is 0 Å². The number of aromatic nitrogens is 1. The summed E-state index contributed by atoms with van der Waals surface area (Å²) in [6.07, 6.45) is 8.75. The van der Waals surface area contributed by atoms with Crippen molar-refractivity contribution in [2.45, 2.75) is 64.9 Å². The molecule has 31 heavy (non-hydrogen) atoms. The van der Waals surface area contributed by atoms with Gasteiger partial charge in [0.05, 0.1) is 0 Å². The van der Waals surface area contributed by atoms with Crippen molar-refractivity contribution in [2.75, 3.05) is 13.1 Å².